The van der Waals surface area contributed by atoms with Crippen LogP contribution in [0.15, 0.2) is 24.3 Å². The normalized spacial score (nSPS) is 9.64. The molecule has 1 aromatic rings. The van der Waals surface area contributed by atoms with Crippen molar-refractivity contribution in [2.24, 2.45) is 0 Å². The Morgan fingerprint density at radius 3 is 2.36 bits per heavy atom. The van der Waals surface area contributed by atoms with E-state index in [4.69, 9.17) is 0 Å². The van der Waals surface area contributed by atoms with Crippen molar-refractivity contribution in [3.05, 3.63) is 42.3 Å². The van der Waals surface area contributed by atoms with E-state index in [0.717, 1.165) is 11.1 Å². The van der Waals surface area contributed by atoms with Gasteiger partial charge < -0.3 is 0 Å². The van der Waals surface area contributed by atoms with Gasteiger partial charge in [0.25, 0.3) is 0 Å². The monoisotopic (exact) mass is 147 g/mol. The summed E-state index contributed by atoms with van der Waals surface area (Å²) in [7, 11) is 0. The zero-order valence-corrected chi connectivity index (χ0v) is 6.63. The summed E-state index contributed by atoms with van der Waals surface area (Å²) in [4.78, 5) is 11.1. The molecule has 57 valence electrons. The Kier molecular flexibility index (Phi) is 2.42. The average molecular weight is 147 g/mol. The Balaban J connectivity index is 2.90. The minimum absolute atomic E-state index is 0.185. The molecule has 0 saturated carbocycles. The zero-order valence-electron chi connectivity index (χ0n) is 6.63. The van der Waals surface area contributed by atoms with Crippen molar-refractivity contribution in [1.82, 2.24) is 0 Å². The molecule has 0 amide bonds. The van der Waals surface area contributed by atoms with Gasteiger partial charge in [-0.05, 0) is 12.5 Å². The predicted octanol–water partition coefficient (Wildman–Crippen LogP) is 2.46. The molecule has 0 unspecified atom stereocenters. The standard InChI is InChI=1S/C10H11O/c1-3-10(11)9-6-4-8(2)5-7-9/h4-7H,2-3H2,1H3. The molecule has 0 heterocycles. The quantitative estimate of drug-likeness (QED) is 0.587. The van der Waals surface area contributed by atoms with Crippen LogP contribution in [0, 0.1) is 6.92 Å². The summed E-state index contributed by atoms with van der Waals surface area (Å²) in [5.74, 6) is 0.185. The fraction of sp³-hybridized carbons (Fsp3) is 0.200. The summed E-state index contributed by atoms with van der Waals surface area (Å²) in [6.07, 6.45) is 0.566. The number of carbonyl (C=O) groups is 1. The van der Waals surface area contributed by atoms with Crippen molar-refractivity contribution in [2.75, 3.05) is 0 Å². The van der Waals surface area contributed by atoms with Crippen molar-refractivity contribution in [2.45, 2.75) is 13.3 Å². The molecular formula is C10H11O. The lowest BCUT2D eigenvalue weighted by Gasteiger charge is -1.96. The maximum atomic E-state index is 11.1. The van der Waals surface area contributed by atoms with Crippen molar-refractivity contribution < 1.29 is 4.79 Å². The number of rotatable bonds is 2. The van der Waals surface area contributed by atoms with Gasteiger partial charge in [-0.3, -0.25) is 4.79 Å². The van der Waals surface area contributed by atoms with E-state index in [2.05, 4.69) is 6.92 Å². The molecular weight excluding hydrogens is 136 g/mol. The summed E-state index contributed by atoms with van der Waals surface area (Å²) < 4.78 is 0. The second-order valence-electron chi connectivity index (χ2n) is 2.47. The molecule has 11 heavy (non-hydrogen) atoms. The first kappa shape index (κ1) is 7.99. The van der Waals surface area contributed by atoms with Crippen molar-refractivity contribution in [3.63, 3.8) is 0 Å². The highest BCUT2D eigenvalue weighted by Gasteiger charge is 1.99. The van der Waals surface area contributed by atoms with Gasteiger partial charge in [0.15, 0.2) is 5.78 Å². The van der Waals surface area contributed by atoms with Gasteiger partial charge in [-0.2, -0.15) is 0 Å². The number of ketones is 1. The number of benzene rings is 1. The third-order valence-corrected chi connectivity index (χ3v) is 1.60. The summed E-state index contributed by atoms with van der Waals surface area (Å²) in [5, 5.41) is 0. The molecule has 0 spiro atoms. The first-order valence-corrected chi connectivity index (χ1v) is 3.69. The van der Waals surface area contributed by atoms with E-state index in [-0.39, 0.29) is 5.78 Å². The first-order chi connectivity index (χ1) is 5.24. The van der Waals surface area contributed by atoms with Crippen molar-refractivity contribution in [1.29, 1.82) is 0 Å². The maximum Gasteiger partial charge on any atom is 0.162 e. The van der Waals surface area contributed by atoms with Crippen LogP contribution < -0.4 is 0 Å². The Hall–Kier alpha value is -1.11. The smallest absolute Gasteiger partial charge is 0.162 e. The van der Waals surface area contributed by atoms with Crippen LogP contribution in [0.1, 0.15) is 29.3 Å². The summed E-state index contributed by atoms with van der Waals surface area (Å²) >= 11 is 0. The molecule has 0 aliphatic rings. The minimum atomic E-state index is 0.185. The van der Waals surface area contributed by atoms with E-state index >= 15 is 0 Å². The molecule has 1 heteroatoms. The van der Waals surface area contributed by atoms with Gasteiger partial charge in [0.1, 0.15) is 0 Å². The van der Waals surface area contributed by atoms with E-state index in [0.29, 0.717) is 6.42 Å². The van der Waals surface area contributed by atoms with E-state index in [1.54, 1.807) is 0 Å². The highest BCUT2D eigenvalue weighted by atomic mass is 16.1. The zero-order chi connectivity index (χ0) is 8.27. The predicted molar refractivity (Wildman–Crippen MR) is 45.5 cm³/mol. The lowest BCUT2D eigenvalue weighted by atomic mass is 10.1. The van der Waals surface area contributed by atoms with Gasteiger partial charge in [0.05, 0.1) is 0 Å². The van der Waals surface area contributed by atoms with Crippen LogP contribution in [-0.4, -0.2) is 5.78 Å². The Bertz CT molecular complexity index is 246. The van der Waals surface area contributed by atoms with E-state index in [9.17, 15) is 4.79 Å². The number of carbonyl (C=O) groups excluding carboxylic acids is 1. The van der Waals surface area contributed by atoms with Gasteiger partial charge >= 0.3 is 0 Å². The van der Waals surface area contributed by atoms with Crippen molar-refractivity contribution >= 4 is 5.78 Å². The average Bonchev–Trinajstić information content (AvgIpc) is 2.05. The van der Waals surface area contributed by atoms with Crippen LogP contribution in [-0.2, 0) is 0 Å². The molecule has 1 nitrogen and oxygen atoms in total. The maximum absolute atomic E-state index is 11.1. The van der Waals surface area contributed by atoms with Gasteiger partial charge in [-0.15, -0.1) is 0 Å². The molecule has 0 N–H and O–H groups in total. The van der Waals surface area contributed by atoms with Crippen molar-refractivity contribution in [3.8, 4) is 0 Å². The summed E-state index contributed by atoms with van der Waals surface area (Å²) in [6.45, 7) is 5.60. The number of Topliss-reactive ketones (excluding diaryl/α,β-unsaturated/α-hetero) is 1. The Morgan fingerprint density at radius 1 is 1.36 bits per heavy atom. The van der Waals surface area contributed by atoms with Crippen LogP contribution in [0.5, 0.6) is 0 Å². The summed E-state index contributed by atoms with van der Waals surface area (Å²) in [6, 6.07) is 7.33. The van der Waals surface area contributed by atoms with Gasteiger partial charge in [-0.25, -0.2) is 0 Å². The summed E-state index contributed by atoms with van der Waals surface area (Å²) in [5.41, 5.74) is 1.72. The molecule has 1 aromatic carbocycles. The second kappa shape index (κ2) is 3.33. The Labute approximate surface area is 67.1 Å². The topological polar surface area (TPSA) is 17.1 Å². The van der Waals surface area contributed by atoms with Crippen LogP contribution in [0.25, 0.3) is 0 Å². The van der Waals surface area contributed by atoms with E-state index in [1.165, 1.54) is 0 Å². The van der Waals surface area contributed by atoms with Crippen LogP contribution in [0.4, 0.5) is 0 Å². The SMILES string of the molecule is [CH2]c1ccc(C(=O)CC)cc1. The molecule has 0 aliphatic heterocycles. The minimum Gasteiger partial charge on any atom is -0.294 e. The molecule has 0 atom stereocenters. The Morgan fingerprint density at radius 2 is 1.91 bits per heavy atom. The molecule has 1 rings (SSSR count). The fourth-order valence-electron chi connectivity index (χ4n) is 0.895. The fourth-order valence-corrected chi connectivity index (χ4v) is 0.895. The number of hydrogen-bond donors (Lipinski definition) is 0. The van der Waals surface area contributed by atoms with Crippen LogP contribution >= 0.6 is 0 Å². The second-order valence-corrected chi connectivity index (χ2v) is 2.47. The molecule has 1 radical (unpaired) electrons. The van der Waals surface area contributed by atoms with Crippen LogP contribution in [0.2, 0.25) is 0 Å². The molecule has 0 saturated heterocycles. The van der Waals surface area contributed by atoms with Gasteiger partial charge in [0.2, 0.25) is 0 Å². The largest absolute Gasteiger partial charge is 0.294 e. The molecule has 0 aromatic heterocycles. The highest BCUT2D eigenvalue weighted by Crippen LogP contribution is 2.05. The van der Waals surface area contributed by atoms with E-state index < -0.39 is 0 Å². The lowest BCUT2D eigenvalue weighted by Crippen LogP contribution is -1.95. The first-order valence-electron chi connectivity index (χ1n) is 3.69. The molecule has 0 bridgehead atoms. The van der Waals surface area contributed by atoms with Crippen LogP contribution in [0.3, 0.4) is 0 Å². The third kappa shape index (κ3) is 1.90. The van der Waals surface area contributed by atoms with Gasteiger partial charge in [-0.1, -0.05) is 31.2 Å². The molecule has 0 fully saturated rings. The van der Waals surface area contributed by atoms with Gasteiger partial charge in [0, 0.05) is 12.0 Å². The highest BCUT2D eigenvalue weighted by molar-refractivity contribution is 5.95. The molecule has 0 aliphatic carbocycles. The lowest BCUT2D eigenvalue weighted by molar-refractivity contribution is 0.0988. The number of hydrogen-bond acceptors (Lipinski definition) is 1. The van der Waals surface area contributed by atoms with E-state index in [1.807, 2.05) is 31.2 Å². The third-order valence-electron chi connectivity index (χ3n) is 1.60.